The fourth-order valence-electron chi connectivity index (χ4n) is 3.37. The van der Waals surface area contributed by atoms with Gasteiger partial charge in [0.2, 0.25) is 5.91 Å². The van der Waals surface area contributed by atoms with Gasteiger partial charge < -0.3 is 9.72 Å². The predicted molar refractivity (Wildman–Crippen MR) is 125 cm³/mol. The number of nitrogens with one attached hydrogen (secondary N) is 2. The molecular weight excluding hydrogens is 457 g/mol. The number of hydrogen-bond acceptors (Lipinski definition) is 6. The maximum atomic E-state index is 13.8. The summed E-state index contributed by atoms with van der Waals surface area (Å²) in [5, 5.41) is 11.6. The summed E-state index contributed by atoms with van der Waals surface area (Å²) < 4.78 is 17.4. The third kappa shape index (κ3) is 4.84. The Morgan fingerprint density at radius 2 is 1.85 bits per heavy atom. The minimum atomic E-state index is -0.613. The van der Waals surface area contributed by atoms with Crippen LogP contribution in [0.3, 0.4) is 0 Å². The minimum Gasteiger partial charge on any atom is -0.323 e. The van der Waals surface area contributed by atoms with Crippen LogP contribution in [0.15, 0.2) is 72.6 Å². The number of carbonyl (C=O) groups excluding carboxylic acids is 2. The van der Waals surface area contributed by atoms with Crippen molar-refractivity contribution < 1.29 is 14.0 Å². The van der Waals surface area contributed by atoms with Gasteiger partial charge in [0.25, 0.3) is 5.91 Å². The van der Waals surface area contributed by atoms with Crippen molar-refractivity contribution in [3.05, 3.63) is 95.4 Å². The number of amides is 2. The van der Waals surface area contributed by atoms with E-state index in [1.165, 1.54) is 18.2 Å². The second kappa shape index (κ2) is 9.24. The molecule has 4 heterocycles. The average Bonchev–Trinajstić information content (AvgIpc) is 3.54. The molecule has 0 fully saturated rings. The number of nitrogens with zero attached hydrogens (tertiary/aromatic N) is 5. The molecule has 2 N–H and O–H groups in total. The maximum Gasteiger partial charge on any atom is 0.260 e. The van der Waals surface area contributed by atoms with E-state index in [4.69, 9.17) is 0 Å². The van der Waals surface area contributed by atoms with Crippen LogP contribution in [0.4, 0.5) is 15.2 Å². The third-order valence-corrected chi connectivity index (χ3v) is 5.69. The van der Waals surface area contributed by atoms with Gasteiger partial charge in [-0.2, -0.15) is 5.10 Å². The molecule has 5 rings (SSSR count). The number of rotatable bonds is 7. The van der Waals surface area contributed by atoms with E-state index in [1.807, 2.05) is 35.0 Å². The number of anilines is 2. The van der Waals surface area contributed by atoms with Crippen molar-refractivity contribution in [1.29, 1.82) is 0 Å². The molecule has 34 heavy (non-hydrogen) atoms. The molecule has 0 aliphatic rings. The van der Waals surface area contributed by atoms with Gasteiger partial charge >= 0.3 is 0 Å². The summed E-state index contributed by atoms with van der Waals surface area (Å²) in [4.78, 5) is 33.4. The monoisotopic (exact) mass is 475 g/mol. The molecule has 5 aromatic rings. The molecule has 0 unspecified atom stereocenters. The Balaban J connectivity index is 1.16. The zero-order valence-electron chi connectivity index (χ0n) is 17.7. The molecule has 0 aliphatic heterocycles. The van der Waals surface area contributed by atoms with E-state index in [0.29, 0.717) is 17.9 Å². The van der Waals surface area contributed by atoms with Gasteiger partial charge in [0.05, 0.1) is 41.8 Å². The maximum absolute atomic E-state index is 13.8. The van der Waals surface area contributed by atoms with Crippen LogP contribution in [-0.2, 0) is 17.8 Å². The van der Waals surface area contributed by atoms with E-state index in [0.717, 1.165) is 22.7 Å². The molecule has 1 aromatic carbocycles. The van der Waals surface area contributed by atoms with Crippen LogP contribution >= 0.6 is 11.3 Å². The summed E-state index contributed by atoms with van der Waals surface area (Å²) in [5.41, 5.74) is 2.67. The molecule has 11 heteroatoms. The third-order valence-electron chi connectivity index (χ3n) is 4.89. The first-order valence-corrected chi connectivity index (χ1v) is 11.2. The fourth-order valence-corrected chi connectivity index (χ4v) is 4.07. The van der Waals surface area contributed by atoms with Crippen LogP contribution in [0.5, 0.6) is 0 Å². The second-order valence-corrected chi connectivity index (χ2v) is 8.29. The van der Waals surface area contributed by atoms with Gasteiger partial charge in [0.1, 0.15) is 11.5 Å². The topological polar surface area (TPSA) is 106 Å². The summed E-state index contributed by atoms with van der Waals surface area (Å²) in [6, 6.07) is 11.5. The lowest BCUT2D eigenvalue weighted by atomic mass is 10.2. The SMILES string of the molecule is O=C(Cc1csc(NC(=O)c2ccccc2F)n1)Nc1cnn(Cc2cn3ccccc3n2)c1. The van der Waals surface area contributed by atoms with E-state index in [1.54, 1.807) is 28.5 Å². The van der Waals surface area contributed by atoms with Crippen LogP contribution in [0.1, 0.15) is 21.7 Å². The fraction of sp³-hybridized carbons (Fsp3) is 0.0870. The van der Waals surface area contributed by atoms with E-state index in [2.05, 4.69) is 25.7 Å². The first-order chi connectivity index (χ1) is 16.5. The van der Waals surface area contributed by atoms with E-state index in [-0.39, 0.29) is 23.0 Å². The summed E-state index contributed by atoms with van der Waals surface area (Å²) in [6.45, 7) is 0.467. The van der Waals surface area contributed by atoms with Crippen LogP contribution in [0.25, 0.3) is 5.65 Å². The highest BCUT2D eigenvalue weighted by atomic mass is 32.1. The number of fused-ring (bicyclic) bond motifs is 1. The molecule has 0 bridgehead atoms. The van der Waals surface area contributed by atoms with Crippen molar-refractivity contribution in [3.8, 4) is 0 Å². The summed E-state index contributed by atoms with van der Waals surface area (Å²) >= 11 is 1.16. The largest absolute Gasteiger partial charge is 0.323 e. The van der Waals surface area contributed by atoms with Crippen molar-refractivity contribution in [2.24, 2.45) is 0 Å². The van der Waals surface area contributed by atoms with Gasteiger partial charge in [-0.05, 0) is 24.3 Å². The number of imidazole rings is 1. The Kier molecular flexibility index (Phi) is 5.83. The second-order valence-electron chi connectivity index (χ2n) is 7.43. The van der Waals surface area contributed by atoms with E-state index < -0.39 is 11.7 Å². The highest BCUT2D eigenvalue weighted by Gasteiger charge is 2.14. The van der Waals surface area contributed by atoms with Gasteiger partial charge in [-0.3, -0.25) is 19.6 Å². The molecule has 0 saturated carbocycles. The highest BCUT2D eigenvalue weighted by molar-refractivity contribution is 7.14. The minimum absolute atomic E-state index is 0.0175. The molecule has 0 radical (unpaired) electrons. The Hall–Kier alpha value is -4.38. The summed E-state index contributed by atoms with van der Waals surface area (Å²) in [6.07, 6.45) is 7.16. The van der Waals surface area contributed by atoms with Gasteiger partial charge in [0.15, 0.2) is 5.13 Å². The quantitative estimate of drug-likeness (QED) is 0.374. The van der Waals surface area contributed by atoms with Crippen molar-refractivity contribution in [2.75, 3.05) is 10.6 Å². The van der Waals surface area contributed by atoms with Crippen LogP contribution < -0.4 is 10.6 Å². The molecule has 4 aromatic heterocycles. The van der Waals surface area contributed by atoms with Crippen molar-refractivity contribution in [2.45, 2.75) is 13.0 Å². The Bertz CT molecular complexity index is 1460. The molecule has 0 aliphatic carbocycles. The van der Waals surface area contributed by atoms with Gasteiger partial charge in [-0.1, -0.05) is 18.2 Å². The molecule has 9 nitrogen and oxygen atoms in total. The number of carbonyl (C=O) groups is 2. The molecule has 170 valence electrons. The number of pyridine rings is 1. The number of hydrogen-bond donors (Lipinski definition) is 2. The molecule has 0 atom stereocenters. The van der Waals surface area contributed by atoms with Gasteiger partial charge in [-0.25, -0.2) is 14.4 Å². The number of thiazole rings is 1. The molecule has 2 amide bonds. The van der Waals surface area contributed by atoms with Crippen LogP contribution in [0, 0.1) is 5.82 Å². The Morgan fingerprint density at radius 1 is 1.00 bits per heavy atom. The average molecular weight is 476 g/mol. The zero-order chi connectivity index (χ0) is 23.5. The first-order valence-electron chi connectivity index (χ1n) is 10.3. The summed E-state index contributed by atoms with van der Waals surface area (Å²) in [7, 11) is 0. The Morgan fingerprint density at radius 3 is 2.71 bits per heavy atom. The van der Waals surface area contributed by atoms with Crippen LogP contribution in [-0.4, -0.2) is 36.0 Å². The van der Waals surface area contributed by atoms with Crippen LogP contribution in [0.2, 0.25) is 0 Å². The summed E-state index contributed by atoms with van der Waals surface area (Å²) in [5.74, 6) is -1.48. The van der Waals surface area contributed by atoms with Crippen molar-refractivity contribution in [3.63, 3.8) is 0 Å². The number of benzene rings is 1. The van der Waals surface area contributed by atoms with Gasteiger partial charge in [-0.15, -0.1) is 11.3 Å². The van der Waals surface area contributed by atoms with E-state index >= 15 is 0 Å². The predicted octanol–water partition coefficient (Wildman–Crippen LogP) is 3.61. The normalized spacial score (nSPS) is 11.0. The first kappa shape index (κ1) is 21.5. The van der Waals surface area contributed by atoms with Gasteiger partial charge in [0, 0.05) is 24.0 Å². The molecular formula is C23H18FN7O2S. The smallest absolute Gasteiger partial charge is 0.260 e. The standard InChI is InChI=1S/C23H18FN7O2S/c24-19-6-2-1-5-18(19)22(33)29-23-28-15(14-34-23)9-21(32)27-16-10-25-31(12-16)13-17-11-30-8-4-3-7-20(30)26-17/h1-8,10-12,14H,9,13H2,(H,27,32)(H,28,29,33). The number of aromatic nitrogens is 5. The number of halogens is 1. The van der Waals surface area contributed by atoms with Crippen molar-refractivity contribution in [1.82, 2.24) is 24.1 Å². The Labute approximate surface area is 196 Å². The lowest BCUT2D eigenvalue weighted by Crippen LogP contribution is -2.15. The van der Waals surface area contributed by atoms with E-state index in [9.17, 15) is 14.0 Å². The molecule has 0 spiro atoms. The highest BCUT2D eigenvalue weighted by Crippen LogP contribution is 2.18. The zero-order valence-corrected chi connectivity index (χ0v) is 18.5. The van der Waals surface area contributed by atoms with Crippen molar-refractivity contribution >= 4 is 39.6 Å². The lowest BCUT2D eigenvalue weighted by molar-refractivity contribution is -0.115. The lowest BCUT2D eigenvalue weighted by Gasteiger charge is -2.02. The molecule has 0 saturated heterocycles.